The fourth-order valence-electron chi connectivity index (χ4n) is 1.33. The van der Waals surface area contributed by atoms with Crippen molar-refractivity contribution in [1.29, 1.82) is 0 Å². The lowest BCUT2D eigenvalue weighted by Crippen LogP contribution is -2.02. The molecule has 17 heavy (non-hydrogen) atoms. The summed E-state index contributed by atoms with van der Waals surface area (Å²) in [4.78, 5) is 5.13. The quantitative estimate of drug-likeness (QED) is 0.862. The number of anilines is 1. The van der Waals surface area contributed by atoms with Gasteiger partial charge in [0.1, 0.15) is 11.6 Å². The van der Waals surface area contributed by atoms with Gasteiger partial charge in [0, 0.05) is 10.9 Å². The molecule has 2 aromatic rings. The maximum atomic E-state index is 13.4. The Kier molecular flexibility index (Phi) is 3.73. The SMILES string of the molecule is Cc1ncsc1CNc1cc(Br)c(F)cc1F. The summed E-state index contributed by atoms with van der Waals surface area (Å²) in [7, 11) is 0. The van der Waals surface area contributed by atoms with Crippen LogP contribution in [0, 0.1) is 18.6 Å². The van der Waals surface area contributed by atoms with Crippen molar-refractivity contribution in [2.45, 2.75) is 13.5 Å². The molecule has 0 fully saturated rings. The first-order valence-electron chi connectivity index (χ1n) is 4.85. The van der Waals surface area contributed by atoms with Crippen molar-refractivity contribution in [2.24, 2.45) is 0 Å². The topological polar surface area (TPSA) is 24.9 Å². The molecule has 0 atom stereocenters. The summed E-state index contributed by atoms with van der Waals surface area (Å²) in [6, 6.07) is 2.24. The fraction of sp³-hybridized carbons (Fsp3) is 0.182. The van der Waals surface area contributed by atoms with Gasteiger partial charge < -0.3 is 5.32 Å². The van der Waals surface area contributed by atoms with Crippen molar-refractivity contribution >= 4 is 33.0 Å². The fourth-order valence-corrected chi connectivity index (χ4v) is 2.39. The van der Waals surface area contributed by atoms with Gasteiger partial charge in [-0.2, -0.15) is 0 Å². The van der Waals surface area contributed by atoms with E-state index in [0.29, 0.717) is 6.54 Å². The van der Waals surface area contributed by atoms with Crippen LogP contribution in [0.5, 0.6) is 0 Å². The summed E-state index contributed by atoms with van der Waals surface area (Å²) in [5, 5.41) is 2.92. The Balaban J connectivity index is 2.14. The third-order valence-electron chi connectivity index (χ3n) is 2.29. The lowest BCUT2D eigenvalue weighted by Gasteiger charge is -2.07. The predicted molar refractivity (Wildman–Crippen MR) is 68.2 cm³/mol. The van der Waals surface area contributed by atoms with Crippen LogP contribution in [-0.4, -0.2) is 4.98 Å². The summed E-state index contributed by atoms with van der Waals surface area (Å²) in [6.45, 7) is 2.37. The molecule has 1 aromatic carbocycles. The Hall–Kier alpha value is -1.01. The third-order valence-corrected chi connectivity index (χ3v) is 3.84. The van der Waals surface area contributed by atoms with Crippen molar-refractivity contribution in [3.8, 4) is 0 Å². The largest absolute Gasteiger partial charge is 0.378 e. The number of aromatic nitrogens is 1. The molecule has 0 amide bonds. The molecular weight excluding hydrogens is 310 g/mol. The lowest BCUT2D eigenvalue weighted by molar-refractivity contribution is 0.580. The van der Waals surface area contributed by atoms with E-state index in [1.807, 2.05) is 6.92 Å². The molecule has 1 N–H and O–H groups in total. The molecule has 0 bridgehead atoms. The number of hydrogen-bond donors (Lipinski definition) is 1. The van der Waals surface area contributed by atoms with Crippen molar-refractivity contribution in [3.05, 3.63) is 44.3 Å². The minimum Gasteiger partial charge on any atom is -0.378 e. The lowest BCUT2D eigenvalue weighted by atomic mass is 10.3. The van der Waals surface area contributed by atoms with Crippen LogP contribution < -0.4 is 5.32 Å². The smallest absolute Gasteiger partial charge is 0.149 e. The van der Waals surface area contributed by atoms with E-state index in [1.165, 1.54) is 17.4 Å². The van der Waals surface area contributed by atoms with Gasteiger partial charge in [-0.15, -0.1) is 11.3 Å². The number of aryl methyl sites for hydroxylation is 1. The summed E-state index contributed by atoms with van der Waals surface area (Å²) in [6.07, 6.45) is 0. The molecule has 0 unspecified atom stereocenters. The van der Waals surface area contributed by atoms with Gasteiger partial charge in [-0.1, -0.05) is 0 Å². The van der Waals surface area contributed by atoms with Gasteiger partial charge in [0.25, 0.3) is 0 Å². The van der Waals surface area contributed by atoms with E-state index in [0.717, 1.165) is 16.6 Å². The average molecular weight is 319 g/mol. The van der Waals surface area contributed by atoms with Crippen LogP contribution in [0.15, 0.2) is 22.1 Å². The summed E-state index contributed by atoms with van der Waals surface area (Å²) < 4.78 is 26.7. The van der Waals surface area contributed by atoms with Gasteiger partial charge in [0.05, 0.1) is 27.9 Å². The highest BCUT2D eigenvalue weighted by Gasteiger charge is 2.09. The Labute approximate surface area is 110 Å². The van der Waals surface area contributed by atoms with Gasteiger partial charge in [0.2, 0.25) is 0 Å². The zero-order valence-electron chi connectivity index (χ0n) is 8.93. The van der Waals surface area contributed by atoms with Crippen LogP contribution in [0.25, 0.3) is 0 Å². The molecular formula is C11H9BrF2N2S. The number of halogens is 3. The van der Waals surface area contributed by atoms with Crippen LogP contribution in [0.4, 0.5) is 14.5 Å². The van der Waals surface area contributed by atoms with Gasteiger partial charge >= 0.3 is 0 Å². The number of rotatable bonds is 3. The molecule has 0 radical (unpaired) electrons. The maximum absolute atomic E-state index is 13.4. The summed E-state index contributed by atoms with van der Waals surface area (Å²) in [5.41, 5.74) is 2.93. The van der Waals surface area contributed by atoms with E-state index < -0.39 is 11.6 Å². The van der Waals surface area contributed by atoms with Crippen LogP contribution in [-0.2, 0) is 6.54 Å². The molecule has 0 saturated carbocycles. The molecule has 1 aromatic heterocycles. The van der Waals surface area contributed by atoms with E-state index in [-0.39, 0.29) is 10.2 Å². The minimum absolute atomic E-state index is 0.238. The number of nitrogens with one attached hydrogen (secondary N) is 1. The highest BCUT2D eigenvalue weighted by molar-refractivity contribution is 9.10. The van der Waals surface area contributed by atoms with Gasteiger partial charge in [-0.3, -0.25) is 0 Å². The van der Waals surface area contributed by atoms with E-state index in [4.69, 9.17) is 0 Å². The molecule has 0 aliphatic carbocycles. The normalized spacial score (nSPS) is 10.6. The number of thiazole rings is 1. The molecule has 0 aliphatic heterocycles. The highest BCUT2D eigenvalue weighted by Crippen LogP contribution is 2.24. The van der Waals surface area contributed by atoms with Crippen LogP contribution >= 0.6 is 27.3 Å². The molecule has 0 spiro atoms. The first kappa shape index (κ1) is 12.4. The number of benzene rings is 1. The summed E-state index contributed by atoms with van der Waals surface area (Å²) in [5.74, 6) is -1.21. The average Bonchev–Trinajstić information content (AvgIpc) is 2.68. The Bertz CT molecular complexity index is 542. The number of nitrogens with zero attached hydrogens (tertiary/aromatic N) is 1. The van der Waals surface area contributed by atoms with Gasteiger partial charge in [-0.25, -0.2) is 13.8 Å². The second-order valence-electron chi connectivity index (χ2n) is 3.46. The molecule has 90 valence electrons. The second-order valence-corrected chi connectivity index (χ2v) is 5.25. The van der Waals surface area contributed by atoms with E-state index in [1.54, 1.807) is 5.51 Å². The summed E-state index contributed by atoms with van der Waals surface area (Å²) >= 11 is 4.52. The zero-order valence-corrected chi connectivity index (χ0v) is 11.3. The van der Waals surface area contributed by atoms with Gasteiger partial charge in [-0.05, 0) is 28.9 Å². The van der Waals surface area contributed by atoms with Gasteiger partial charge in [0.15, 0.2) is 0 Å². The van der Waals surface area contributed by atoms with E-state index in [9.17, 15) is 8.78 Å². The molecule has 1 heterocycles. The first-order valence-corrected chi connectivity index (χ1v) is 6.52. The van der Waals surface area contributed by atoms with Crippen molar-refractivity contribution in [1.82, 2.24) is 4.98 Å². The van der Waals surface area contributed by atoms with Crippen molar-refractivity contribution in [2.75, 3.05) is 5.32 Å². The maximum Gasteiger partial charge on any atom is 0.149 e. The van der Waals surface area contributed by atoms with Crippen LogP contribution in [0.1, 0.15) is 10.6 Å². The Morgan fingerprint density at radius 3 is 2.76 bits per heavy atom. The van der Waals surface area contributed by atoms with Crippen LogP contribution in [0.2, 0.25) is 0 Å². The second kappa shape index (κ2) is 5.10. The molecule has 0 saturated heterocycles. The molecule has 0 aliphatic rings. The number of hydrogen-bond acceptors (Lipinski definition) is 3. The first-order chi connectivity index (χ1) is 8.08. The van der Waals surface area contributed by atoms with E-state index in [2.05, 4.69) is 26.2 Å². The monoisotopic (exact) mass is 318 g/mol. The minimum atomic E-state index is -0.609. The van der Waals surface area contributed by atoms with E-state index >= 15 is 0 Å². The highest BCUT2D eigenvalue weighted by atomic mass is 79.9. The zero-order chi connectivity index (χ0) is 12.4. The third kappa shape index (κ3) is 2.81. The molecule has 2 rings (SSSR count). The standard InChI is InChI=1S/C11H9BrF2N2S/c1-6-11(17-5-16-6)4-15-10-2-7(12)8(13)3-9(10)14/h2-3,5,15H,4H2,1H3. The Morgan fingerprint density at radius 1 is 1.35 bits per heavy atom. The van der Waals surface area contributed by atoms with Crippen molar-refractivity contribution in [3.63, 3.8) is 0 Å². The van der Waals surface area contributed by atoms with Crippen LogP contribution in [0.3, 0.4) is 0 Å². The Morgan fingerprint density at radius 2 is 2.12 bits per heavy atom. The molecule has 2 nitrogen and oxygen atoms in total. The predicted octanol–water partition coefficient (Wildman–Crippen LogP) is 4.10. The van der Waals surface area contributed by atoms with Crippen molar-refractivity contribution < 1.29 is 8.78 Å². The molecule has 6 heteroatoms.